The van der Waals surface area contributed by atoms with E-state index in [1.807, 2.05) is 19.1 Å². The minimum absolute atomic E-state index is 0.0182. The Morgan fingerprint density at radius 1 is 1.24 bits per heavy atom. The van der Waals surface area contributed by atoms with Crippen molar-refractivity contribution in [1.29, 1.82) is 0 Å². The number of hydrogen-bond acceptors (Lipinski definition) is 4. The number of benzene rings is 1. The molecule has 5 heteroatoms. The molecular weight excluding hydrogens is 270 g/mol. The molecule has 0 saturated heterocycles. The number of nitrogens with zero attached hydrogens (tertiary/aromatic N) is 1. The van der Waals surface area contributed by atoms with Gasteiger partial charge in [-0.05, 0) is 19.0 Å². The monoisotopic (exact) mass is 293 g/mol. The van der Waals surface area contributed by atoms with Crippen LogP contribution in [0.15, 0.2) is 24.3 Å². The van der Waals surface area contributed by atoms with Crippen LogP contribution in [0.3, 0.4) is 0 Å². The highest BCUT2D eigenvalue weighted by Gasteiger charge is 2.24. The summed E-state index contributed by atoms with van der Waals surface area (Å²) in [5.74, 6) is -1.76. The zero-order valence-corrected chi connectivity index (χ0v) is 12.6. The Labute approximate surface area is 125 Å². The van der Waals surface area contributed by atoms with Crippen LogP contribution in [0, 0.1) is 5.92 Å². The van der Waals surface area contributed by atoms with Crippen LogP contribution in [0.25, 0.3) is 0 Å². The lowest BCUT2D eigenvalue weighted by Gasteiger charge is -2.21. The number of likely N-dealkylation sites (N-methyl/N-ethyl adjacent to an activating group) is 1. The van der Waals surface area contributed by atoms with E-state index < -0.39 is 11.9 Å². The zero-order valence-electron chi connectivity index (χ0n) is 12.6. The standard InChI is InChI=1S/C16H23NO4/c1-3-12-4-6-13(7-5-12)16(21)14(10-15(19)20)11-17(2)8-9-18/h4-7,14,18H,3,8-11H2,1-2H3,(H,19,20). The van der Waals surface area contributed by atoms with E-state index in [2.05, 4.69) is 0 Å². The summed E-state index contributed by atoms with van der Waals surface area (Å²) in [6.45, 7) is 2.75. The molecule has 0 spiro atoms. The van der Waals surface area contributed by atoms with Crippen LogP contribution < -0.4 is 0 Å². The molecule has 1 unspecified atom stereocenters. The third-order valence-electron chi connectivity index (χ3n) is 3.45. The molecule has 0 heterocycles. The molecule has 1 aromatic rings. The van der Waals surface area contributed by atoms with Crippen molar-refractivity contribution in [3.8, 4) is 0 Å². The number of ketones is 1. The van der Waals surface area contributed by atoms with E-state index in [0.29, 0.717) is 18.7 Å². The van der Waals surface area contributed by atoms with Crippen molar-refractivity contribution in [2.24, 2.45) is 5.92 Å². The number of aliphatic carboxylic acids is 1. The smallest absolute Gasteiger partial charge is 0.304 e. The summed E-state index contributed by atoms with van der Waals surface area (Å²) in [5.41, 5.74) is 1.68. The first-order valence-corrected chi connectivity index (χ1v) is 7.12. The first kappa shape index (κ1) is 17.3. The maximum Gasteiger partial charge on any atom is 0.304 e. The van der Waals surface area contributed by atoms with Gasteiger partial charge >= 0.3 is 5.97 Å². The molecule has 0 amide bonds. The number of carbonyl (C=O) groups excluding carboxylic acids is 1. The van der Waals surface area contributed by atoms with Crippen LogP contribution in [0.5, 0.6) is 0 Å². The lowest BCUT2D eigenvalue weighted by atomic mass is 9.93. The molecule has 5 nitrogen and oxygen atoms in total. The van der Waals surface area contributed by atoms with Gasteiger partial charge in [0.15, 0.2) is 5.78 Å². The van der Waals surface area contributed by atoms with Gasteiger partial charge in [0.2, 0.25) is 0 Å². The number of carbonyl (C=O) groups is 2. The minimum Gasteiger partial charge on any atom is -0.481 e. The van der Waals surface area contributed by atoms with Gasteiger partial charge in [-0.2, -0.15) is 0 Å². The van der Waals surface area contributed by atoms with Gasteiger partial charge in [0.1, 0.15) is 0 Å². The normalized spacial score (nSPS) is 12.4. The molecule has 0 saturated carbocycles. The van der Waals surface area contributed by atoms with E-state index in [9.17, 15) is 9.59 Å². The molecular formula is C16H23NO4. The summed E-state index contributed by atoms with van der Waals surface area (Å²) in [6.07, 6.45) is 0.691. The van der Waals surface area contributed by atoms with Gasteiger partial charge in [0.05, 0.1) is 13.0 Å². The number of aliphatic hydroxyl groups excluding tert-OH is 1. The maximum atomic E-state index is 12.5. The summed E-state index contributed by atoms with van der Waals surface area (Å²) in [4.78, 5) is 25.2. The van der Waals surface area contributed by atoms with Crippen LogP contribution in [0.1, 0.15) is 29.3 Å². The van der Waals surface area contributed by atoms with Crippen molar-refractivity contribution in [1.82, 2.24) is 4.90 Å². The highest BCUT2D eigenvalue weighted by Crippen LogP contribution is 2.15. The molecule has 1 atom stereocenters. The quantitative estimate of drug-likeness (QED) is 0.674. The van der Waals surface area contributed by atoms with Crippen molar-refractivity contribution in [3.63, 3.8) is 0 Å². The number of Topliss-reactive ketones (excluding diaryl/α,β-unsaturated/α-hetero) is 1. The summed E-state index contributed by atoms with van der Waals surface area (Å²) in [6, 6.07) is 7.29. The van der Waals surface area contributed by atoms with E-state index in [4.69, 9.17) is 10.2 Å². The highest BCUT2D eigenvalue weighted by molar-refractivity contribution is 5.99. The Hall–Kier alpha value is -1.72. The van der Waals surface area contributed by atoms with Crippen molar-refractivity contribution in [2.75, 3.05) is 26.7 Å². The van der Waals surface area contributed by atoms with E-state index in [1.165, 1.54) is 0 Å². The van der Waals surface area contributed by atoms with Gasteiger partial charge in [-0.1, -0.05) is 31.2 Å². The fraction of sp³-hybridized carbons (Fsp3) is 0.500. The maximum absolute atomic E-state index is 12.5. The first-order chi connectivity index (χ1) is 9.97. The number of aryl methyl sites for hydroxylation is 1. The van der Waals surface area contributed by atoms with Gasteiger partial charge in [-0.25, -0.2) is 0 Å². The fourth-order valence-electron chi connectivity index (χ4n) is 2.23. The number of carboxylic acids is 1. The van der Waals surface area contributed by atoms with Crippen molar-refractivity contribution in [2.45, 2.75) is 19.8 Å². The topological polar surface area (TPSA) is 77.8 Å². The van der Waals surface area contributed by atoms with Crippen LogP contribution in [0.2, 0.25) is 0 Å². The Kier molecular flexibility index (Phi) is 7.05. The molecule has 0 aliphatic heterocycles. The molecule has 0 bridgehead atoms. The Morgan fingerprint density at radius 2 is 1.86 bits per heavy atom. The number of hydrogen-bond donors (Lipinski definition) is 2. The van der Waals surface area contributed by atoms with E-state index in [0.717, 1.165) is 12.0 Å². The van der Waals surface area contributed by atoms with Crippen LogP contribution in [0.4, 0.5) is 0 Å². The van der Waals surface area contributed by atoms with Crippen LogP contribution >= 0.6 is 0 Å². The predicted molar refractivity (Wildman–Crippen MR) is 80.5 cm³/mol. The van der Waals surface area contributed by atoms with E-state index in [-0.39, 0.29) is 18.8 Å². The van der Waals surface area contributed by atoms with Crippen molar-refractivity contribution < 1.29 is 19.8 Å². The van der Waals surface area contributed by atoms with Crippen LogP contribution in [-0.2, 0) is 11.2 Å². The third-order valence-corrected chi connectivity index (χ3v) is 3.45. The summed E-state index contributed by atoms with van der Waals surface area (Å²) < 4.78 is 0. The first-order valence-electron chi connectivity index (χ1n) is 7.12. The van der Waals surface area contributed by atoms with Gasteiger partial charge in [0, 0.05) is 24.6 Å². The van der Waals surface area contributed by atoms with E-state index >= 15 is 0 Å². The number of aliphatic hydroxyl groups is 1. The average molecular weight is 293 g/mol. The molecule has 0 fully saturated rings. The second-order valence-corrected chi connectivity index (χ2v) is 5.20. The second kappa shape index (κ2) is 8.54. The van der Waals surface area contributed by atoms with Crippen molar-refractivity contribution >= 4 is 11.8 Å². The largest absolute Gasteiger partial charge is 0.481 e. The van der Waals surface area contributed by atoms with Gasteiger partial charge in [-0.15, -0.1) is 0 Å². The zero-order chi connectivity index (χ0) is 15.8. The third kappa shape index (κ3) is 5.65. The Morgan fingerprint density at radius 3 is 2.33 bits per heavy atom. The molecule has 1 rings (SSSR count). The highest BCUT2D eigenvalue weighted by atomic mass is 16.4. The molecule has 0 radical (unpaired) electrons. The lowest BCUT2D eigenvalue weighted by molar-refractivity contribution is -0.137. The molecule has 116 valence electrons. The molecule has 0 aliphatic carbocycles. The number of rotatable bonds is 9. The van der Waals surface area contributed by atoms with Gasteiger partial charge in [0.25, 0.3) is 0 Å². The molecule has 0 aliphatic rings. The summed E-state index contributed by atoms with van der Waals surface area (Å²) in [5, 5.41) is 17.9. The average Bonchev–Trinajstić information content (AvgIpc) is 2.45. The molecule has 1 aromatic carbocycles. The lowest BCUT2D eigenvalue weighted by Crippen LogP contribution is -2.33. The van der Waals surface area contributed by atoms with Crippen molar-refractivity contribution in [3.05, 3.63) is 35.4 Å². The molecule has 21 heavy (non-hydrogen) atoms. The van der Waals surface area contributed by atoms with Gasteiger partial charge in [-0.3, -0.25) is 9.59 Å². The van der Waals surface area contributed by atoms with Gasteiger partial charge < -0.3 is 15.1 Å². The fourth-order valence-corrected chi connectivity index (χ4v) is 2.23. The minimum atomic E-state index is -0.990. The number of carboxylic acid groups (broad SMARTS) is 1. The molecule has 0 aromatic heterocycles. The Balaban J connectivity index is 2.84. The molecule has 2 N–H and O–H groups in total. The summed E-state index contributed by atoms with van der Waals surface area (Å²) in [7, 11) is 1.76. The summed E-state index contributed by atoms with van der Waals surface area (Å²) >= 11 is 0. The Bertz CT molecular complexity index is 470. The van der Waals surface area contributed by atoms with Crippen LogP contribution in [-0.4, -0.2) is 53.6 Å². The second-order valence-electron chi connectivity index (χ2n) is 5.20. The SMILES string of the molecule is CCc1ccc(C(=O)C(CC(=O)O)CN(C)CCO)cc1. The van der Waals surface area contributed by atoms with E-state index in [1.54, 1.807) is 24.1 Å². The predicted octanol–water partition coefficient (Wildman–Crippen LogP) is 1.45.